The van der Waals surface area contributed by atoms with Crippen molar-refractivity contribution >= 4 is 11.6 Å². The Hall–Kier alpha value is -1.18. The van der Waals surface area contributed by atoms with Crippen molar-refractivity contribution in [3.05, 3.63) is 22.8 Å². The van der Waals surface area contributed by atoms with E-state index in [2.05, 4.69) is 6.08 Å². The zero-order valence-electron chi connectivity index (χ0n) is 11.3. The molecule has 0 radical (unpaired) electrons. The maximum Gasteiger partial charge on any atom is 0.163 e. The third-order valence-corrected chi connectivity index (χ3v) is 3.37. The molecule has 0 aliphatic heterocycles. The number of hydrogen-bond acceptors (Lipinski definition) is 2. The van der Waals surface area contributed by atoms with E-state index in [4.69, 9.17) is 0 Å². The highest BCUT2D eigenvalue weighted by Crippen LogP contribution is 2.22. The summed E-state index contributed by atoms with van der Waals surface area (Å²) in [4.78, 5) is 24.1. The maximum atomic E-state index is 12.1. The van der Waals surface area contributed by atoms with Gasteiger partial charge in [0.2, 0.25) is 0 Å². The Labute approximate surface area is 104 Å². The standard InChI is InChI=1S/C15H22O2/c1-10(2)13-9-14(16)12(4)7-5-6-11(3)8-15(13)17/h6,12H,5,7-9H2,1-4H3/b11-6-/t12-/m0/s1. The fourth-order valence-corrected chi connectivity index (χ4v) is 2.08. The summed E-state index contributed by atoms with van der Waals surface area (Å²) in [6, 6.07) is 0. The van der Waals surface area contributed by atoms with Gasteiger partial charge < -0.3 is 0 Å². The van der Waals surface area contributed by atoms with Crippen LogP contribution in [-0.4, -0.2) is 11.6 Å². The molecule has 0 N–H and O–H groups in total. The molecule has 17 heavy (non-hydrogen) atoms. The number of allylic oxidation sites excluding steroid dienone is 4. The SMILES string of the molecule is CC(C)=C1CC(=O)[C@@H](C)CC/C=C(/C)CC1=O. The molecule has 0 aromatic carbocycles. The predicted molar refractivity (Wildman–Crippen MR) is 69.8 cm³/mol. The molecule has 2 nitrogen and oxygen atoms in total. The van der Waals surface area contributed by atoms with Crippen LogP contribution >= 0.6 is 0 Å². The average molecular weight is 234 g/mol. The highest BCUT2D eigenvalue weighted by Gasteiger charge is 2.20. The zero-order chi connectivity index (χ0) is 13.0. The Balaban J connectivity index is 3.03. The molecule has 1 aliphatic rings. The van der Waals surface area contributed by atoms with Crippen molar-refractivity contribution in [2.45, 2.75) is 53.4 Å². The van der Waals surface area contributed by atoms with E-state index in [1.165, 1.54) is 0 Å². The van der Waals surface area contributed by atoms with Gasteiger partial charge in [0.15, 0.2) is 5.78 Å². The second kappa shape index (κ2) is 5.95. The van der Waals surface area contributed by atoms with Crippen LogP contribution in [-0.2, 0) is 9.59 Å². The fraction of sp³-hybridized carbons (Fsp3) is 0.600. The van der Waals surface area contributed by atoms with Gasteiger partial charge in [-0.05, 0) is 33.6 Å². The molecule has 94 valence electrons. The van der Waals surface area contributed by atoms with Gasteiger partial charge in [-0.15, -0.1) is 0 Å². The molecule has 0 aromatic heterocycles. The van der Waals surface area contributed by atoms with Gasteiger partial charge in [0.25, 0.3) is 0 Å². The van der Waals surface area contributed by atoms with Crippen LogP contribution in [0.15, 0.2) is 22.8 Å². The van der Waals surface area contributed by atoms with Crippen molar-refractivity contribution in [2.24, 2.45) is 5.92 Å². The average Bonchev–Trinajstić information content (AvgIpc) is 2.23. The van der Waals surface area contributed by atoms with Crippen molar-refractivity contribution in [1.29, 1.82) is 0 Å². The Morgan fingerprint density at radius 3 is 2.47 bits per heavy atom. The molecule has 0 spiro atoms. The minimum atomic E-state index is 0.0549. The van der Waals surface area contributed by atoms with Gasteiger partial charge in [-0.25, -0.2) is 0 Å². The Morgan fingerprint density at radius 1 is 1.24 bits per heavy atom. The summed E-state index contributed by atoms with van der Waals surface area (Å²) < 4.78 is 0. The van der Waals surface area contributed by atoms with E-state index in [0.717, 1.165) is 29.6 Å². The molecule has 0 heterocycles. The van der Waals surface area contributed by atoms with E-state index in [0.29, 0.717) is 12.8 Å². The van der Waals surface area contributed by atoms with Gasteiger partial charge in [0, 0.05) is 24.3 Å². The molecule has 0 saturated heterocycles. The number of Topliss-reactive ketones (excluding diaryl/α,β-unsaturated/α-hetero) is 2. The minimum Gasteiger partial charge on any atom is -0.299 e. The highest BCUT2D eigenvalue weighted by atomic mass is 16.1. The summed E-state index contributed by atoms with van der Waals surface area (Å²) in [5, 5.41) is 0. The van der Waals surface area contributed by atoms with Crippen LogP contribution in [0.5, 0.6) is 0 Å². The van der Waals surface area contributed by atoms with Crippen LogP contribution in [0.2, 0.25) is 0 Å². The summed E-state index contributed by atoms with van der Waals surface area (Å²) in [6.45, 7) is 7.78. The Bertz CT molecular complexity index is 382. The normalized spacial score (nSPS) is 26.5. The van der Waals surface area contributed by atoms with E-state index in [1.54, 1.807) is 0 Å². The molecular weight excluding hydrogens is 212 g/mol. The quantitative estimate of drug-likeness (QED) is 0.474. The second-order valence-electron chi connectivity index (χ2n) is 5.25. The second-order valence-corrected chi connectivity index (χ2v) is 5.25. The zero-order valence-corrected chi connectivity index (χ0v) is 11.3. The van der Waals surface area contributed by atoms with E-state index in [9.17, 15) is 9.59 Å². The summed E-state index contributed by atoms with van der Waals surface area (Å²) >= 11 is 0. The van der Waals surface area contributed by atoms with Gasteiger partial charge in [-0.3, -0.25) is 9.59 Å². The van der Waals surface area contributed by atoms with E-state index in [-0.39, 0.29) is 17.5 Å². The number of hydrogen-bond donors (Lipinski definition) is 0. The molecule has 0 unspecified atom stereocenters. The lowest BCUT2D eigenvalue weighted by molar-refractivity contribution is -0.123. The summed E-state index contributed by atoms with van der Waals surface area (Å²) in [5.74, 6) is 0.364. The lowest BCUT2D eigenvalue weighted by atomic mass is 9.88. The van der Waals surface area contributed by atoms with Crippen molar-refractivity contribution in [3.8, 4) is 0 Å². The molecule has 0 fully saturated rings. The molecule has 2 heteroatoms. The molecule has 0 amide bonds. The molecule has 1 rings (SSSR count). The molecule has 1 atom stereocenters. The van der Waals surface area contributed by atoms with Crippen LogP contribution in [0.25, 0.3) is 0 Å². The van der Waals surface area contributed by atoms with Crippen molar-refractivity contribution < 1.29 is 9.59 Å². The lowest BCUT2D eigenvalue weighted by Gasteiger charge is -2.15. The molecular formula is C15H22O2. The largest absolute Gasteiger partial charge is 0.299 e. The smallest absolute Gasteiger partial charge is 0.163 e. The van der Waals surface area contributed by atoms with Crippen molar-refractivity contribution in [3.63, 3.8) is 0 Å². The van der Waals surface area contributed by atoms with Crippen LogP contribution in [0.1, 0.15) is 53.4 Å². The van der Waals surface area contributed by atoms with E-state index in [1.807, 2.05) is 27.7 Å². The lowest BCUT2D eigenvalue weighted by Crippen LogP contribution is -2.17. The van der Waals surface area contributed by atoms with E-state index >= 15 is 0 Å². The Kier molecular flexibility index (Phi) is 4.86. The number of carbonyl (C=O) groups is 2. The minimum absolute atomic E-state index is 0.0549. The third kappa shape index (κ3) is 3.95. The predicted octanol–water partition coefficient (Wildman–Crippen LogP) is 3.62. The monoisotopic (exact) mass is 234 g/mol. The van der Waals surface area contributed by atoms with Gasteiger partial charge in [0.1, 0.15) is 5.78 Å². The van der Waals surface area contributed by atoms with Gasteiger partial charge >= 0.3 is 0 Å². The fourth-order valence-electron chi connectivity index (χ4n) is 2.08. The first kappa shape index (κ1) is 13.9. The summed E-state index contributed by atoms with van der Waals surface area (Å²) in [7, 11) is 0. The van der Waals surface area contributed by atoms with Crippen LogP contribution in [0.3, 0.4) is 0 Å². The number of ketones is 2. The first-order valence-corrected chi connectivity index (χ1v) is 6.29. The maximum absolute atomic E-state index is 12.1. The topological polar surface area (TPSA) is 34.1 Å². The molecule has 0 bridgehead atoms. The van der Waals surface area contributed by atoms with Crippen LogP contribution in [0, 0.1) is 5.92 Å². The molecule has 0 aromatic rings. The third-order valence-electron chi connectivity index (χ3n) is 3.37. The Morgan fingerprint density at radius 2 is 1.88 bits per heavy atom. The van der Waals surface area contributed by atoms with Crippen molar-refractivity contribution in [1.82, 2.24) is 0 Å². The van der Waals surface area contributed by atoms with Crippen LogP contribution < -0.4 is 0 Å². The summed E-state index contributed by atoms with van der Waals surface area (Å²) in [5.41, 5.74) is 2.82. The number of carbonyl (C=O) groups excluding carboxylic acids is 2. The first-order chi connectivity index (χ1) is 7.91. The van der Waals surface area contributed by atoms with Crippen LogP contribution in [0.4, 0.5) is 0 Å². The summed E-state index contributed by atoms with van der Waals surface area (Å²) in [6.07, 6.45) is 4.66. The molecule has 1 aliphatic carbocycles. The van der Waals surface area contributed by atoms with Crippen molar-refractivity contribution in [2.75, 3.05) is 0 Å². The van der Waals surface area contributed by atoms with Gasteiger partial charge in [0.05, 0.1) is 0 Å². The van der Waals surface area contributed by atoms with E-state index < -0.39 is 0 Å². The van der Waals surface area contributed by atoms with Gasteiger partial charge in [-0.2, -0.15) is 0 Å². The highest BCUT2D eigenvalue weighted by molar-refractivity contribution is 6.02. The first-order valence-electron chi connectivity index (χ1n) is 6.29. The number of rotatable bonds is 0. The molecule has 0 saturated carbocycles. The van der Waals surface area contributed by atoms with Gasteiger partial charge in [-0.1, -0.05) is 24.1 Å².